The molecular weight excluding hydrogens is 230 g/mol. The first-order valence-electron chi connectivity index (χ1n) is 4.76. The topological polar surface area (TPSA) is 37.8 Å². The Morgan fingerprint density at radius 2 is 2.13 bits per heavy atom. The van der Waals surface area contributed by atoms with Gasteiger partial charge in [0.2, 0.25) is 5.28 Å². The van der Waals surface area contributed by atoms with Gasteiger partial charge in [-0.05, 0) is 38.4 Å². The van der Waals surface area contributed by atoms with Crippen molar-refractivity contribution in [2.45, 2.75) is 26.8 Å². The number of nitrogens with zero attached hydrogens (tertiary/aromatic N) is 2. The van der Waals surface area contributed by atoms with Crippen molar-refractivity contribution in [3.8, 4) is 0 Å². The third-order valence-corrected chi connectivity index (χ3v) is 3.03. The summed E-state index contributed by atoms with van der Waals surface area (Å²) in [6.45, 7) is 6.20. The van der Waals surface area contributed by atoms with Gasteiger partial charge in [0, 0.05) is 10.9 Å². The van der Waals surface area contributed by atoms with Gasteiger partial charge in [-0.3, -0.25) is 0 Å². The number of fused-ring (bicyclic) bond motifs is 1. The number of aromatic nitrogens is 2. The molecule has 1 N–H and O–H groups in total. The maximum absolute atomic E-state index is 5.86. The zero-order chi connectivity index (χ0) is 11.0. The van der Waals surface area contributed by atoms with E-state index >= 15 is 0 Å². The van der Waals surface area contributed by atoms with Crippen LogP contribution in [-0.2, 0) is 0 Å². The third kappa shape index (κ3) is 2.21. The fourth-order valence-corrected chi connectivity index (χ4v) is 2.50. The average molecular weight is 242 g/mol. The zero-order valence-electron chi connectivity index (χ0n) is 8.84. The lowest BCUT2D eigenvalue weighted by Gasteiger charge is -2.09. The summed E-state index contributed by atoms with van der Waals surface area (Å²) in [6, 6.07) is 2.42. The molecule has 2 heterocycles. The van der Waals surface area contributed by atoms with Crippen LogP contribution in [0, 0.1) is 6.92 Å². The van der Waals surface area contributed by atoms with Crippen molar-refractivity contribution in [2.24, 2.45) is 0 Å². The number of halogens is 1. The molecular formula is C10H12ClN3S. The molecule has 0 saturated heterocycles. The maximum atomic E-state index is 5.86. The van der Waals surface area contributed by atoms with Crippen LogP contribution >= 0.6 is 22.9 Å². The summed E-state index contributed by atoms with van der Waals surface area (Å²) < 4.78 is 0. The minimum atomic E-state index is 0.299. The van der Waals surface area contributed by atoms with Crippen LogP contribution in [0.15, 0.2) is 6.07 Å². The van der Waals surface area contributed by atoms with Crippen molar-refractivity contribution < 1.29 is 0 Å². The van der Waals surface area contributed by atoms with E-state index < -0.39 is 0 Å². The van der Waals surface area contributed by atoms with Crippen molar-refractivity contribution in [1.29, 1.82) is 0 Å². The number of nitrogens with one attached hydrogen (secondary N) is 1. The van der Waals surface area contributed by atoms with E-state index in [2.05, 4.69) is 42.1 Å². The Morgan fingerprint density at radius 1 is 1.40 bits per heavy atom. The summed E-state index contributed by atoms with van der Waals surface area (Å²) in [4.78, 5) is 10.6. The van der Waals surface area contributed by atoms with Crippen LogP contribution < -0.4 is 5.32 Å². The molecule has 2 aromatic heterocycles. The first kappa shape index (κ1) is 10.6. The molecule has 0 saturated carbocycles. The van der Waals surface area contributed by atoms with Gasteiger partial charge in [-0.25, -0.2) is 9.97 Å². The summed E-state index contributed by atoms with van der Waals surface area (Å²) in [7, 11) is 0. The Balaban J connectivity index is 2.59. The standard InChI is InChI=1S/C10H12ClN3S/c1-5(2)12-8-7-4-6(3)15-9(7)14-10(11)13-8/h4-5H,1-3H3,(H,12,13,14). The molecule has 3 nitrogen and oxygen atoms in total. The fraction of sp³-hybridized carbons (Fsp3) is 0.400. The van der Waals surface area contributed by atoms with Gasteiger partial charge in [-0.1, -0.05) is 0 Å². The number of hydrogen-bond acceptors (Lipinski definition) is 4. The van der Waals surface area contributed by atoms with Gasteiger partial charge in [0.05, 0.1) is 5.39 Å². The van der Waals surface area contributed by atoms with Crippen LogP contribution in [0.2, 0.25) is 5.28 Å². The Kier molecular flexibility index (Phi) is 2.80. The molecule has 0 aromatic carbocycles. The Bertz CT molecular complexity index is 493. The molecule has 2 rings (SSSR count). The van der Waals surface area contributed by atoms with Gasteiger partial charge in [-0.15, -0.1) is 11.3 Å². The predicted molar refractivity (Wildman–Crippen MR) is 65.9 cm³/mol. The van der Waals surface area contributed by atoms with Gasteiger partial charge in [0.1, 0.15) is 10.6 Å². The van der Waals surface area contributed by atoms with Crippen LogP contribution in [0.4, 0.5) is 5.82 Å². The Morgan fingerprint density at radius 3 is 2.80 bits per heavy atom. The van der Waals surface area contributed by atoms with Crippen molar-refractivity contribution in [3.63, 3.8) is 0 Å². The van der Waals surface area contributed by atoms with E-state index in [0.717, 1.165) is 16.0 Å². The smallest absolute Gasteiger partial charge is 0.225 e. The van der Waals surface area contributed by atoms with Crippen molar-refractivity contribution in [1.82, 2.24) is 9.97 Å². The molecule has 0 radical (unpaired) electrons. The van der Waals surface area contributed by atoms with Crippen LogP contribution in [0.5, 0.6) is 0 Å². The third-order valence-electron chi connectivity index (χ3n) is 1.91. The van der Waals surface area contributed by atoms with Gasteiger partial charge < -0.3 is 5.32 Å². The summed E-state index contributed by atoms with van der Waals surface area (Å²) >= 11 is 7.49. The molecule has 15 heavy (non-hydrogen) atoms. The highest BCUT2D eigenvalue weighted by molar-refractivity contribution is 7.18. The summed E-state index contributed by atoms with van der Waals surface area (Å²) in [5, 5.41) is 4.62. The highest BCUT2D eigenvalue weighted by Gasteiger charge is 2.09. The molecule has 0 spiro atoms. The van der Waals surface area contributed by atoms with Crippen LogP contribution in [0.3, 0.4) is 0 Å². The first-order valence-corrected chi connectivity index (χ1v) is 5.96. The van der Waals surface area contributed by atoms with Crippen LogP contribution in [0.1, 0.15) is 18.7 Å². The first-order chi connectivity index (χ1) is 7.06. The molecule has 0 unspecified atom stereocenters. The molecule has 0 fully saturated rings. The molecule has 0 atom stereocenters. The lowest BCUT2D eigenvalue weighted by Crippen LogP contribution is -2.11. The van der Waals surface area contributed by atoms with E-state index in [0.29, 0.717) is 11.3 Å². The second-order valence-corrected chi connectivity index (χ2v) is 5.29. The zero-order valence-corrected chi connectivity index (χ0v) is 10.4. The maximum Gasteiger partial charge on any atom is 0.225 e. The molecule has 0 bridgehead atoms. The SMILES string of the molecule is Cc1cc2c(NC(C)C)nc(Cl)nc2s1. The van der Waals surface area contributed by atoms with Gasteiger partial charge in [0.25, 0.3) is 0 Å². The van der Waals surface area contributed by atoms with Gasteiger partial charge >= 0.3 is 0 Å². The molecule has 0 aliphatic carbocycles. The minimum absolute atomic E-state index is 0.299. The van der Waals surface area contributed by atoms with Crippen LogP contribution in [-0.4, -0.2) is 16.0 Å². The number of hydrogen-bond donors (Lipinski definition) is 1. The van der Waals surface area contributed by atoms with E-state index in [4.69, 9.17) is 11.6 Å². The molecule has 0 aliphatic rings. The van der Waals surface area contributed by atoms with Gasteiger partial charge in [0.15, 0.2) is 0 Å². The second-order valence-electron chi connectivity index (χ2n) is 3.72. The quantitative estimate of drug-likeness (QED) is 0.819. The Labute approximate surface area is 97.5 Å². The fourth-order valence-electron chi connectivity index (χ4n) is 1.40. The molecule has 0 amide bonds. The van der Waals surface area contributed by atoms with Crippen molar-refractivity contribution in [2.75, 3.05) is 5.32 Å². The largest absolute Gasteiger partial charge is 0.367 e. The summed E-state index contributed by atoms with van der Waals surface area (Å²) in [6.07, 6.45) is 0. The number of thiophene rings is 1. The van der Waals surface area contributed by atoms with E-state index in [-0.39, 0.29) is 0 Å². The Hall–Kier alpha value is -0.870. The summed E-state index contributed by atoms with van der Waals surface area (Å²) in [5.41, 5.74) is 0. The van der Waals surface area contributed by atoms with E-state index in [9.17, 15) is 0 Å². The predicted octanol–water partition coefficient (Wildman–Crippen LogP) is 3.47. The summed E-state index contributed by atoms with van der Waals surface area (Å²) in [5.74, 6) is 0.823. The highest BCUT2D eigenvalue weighted by atomic mass is 35.5. The van der Waals surface area contributed by atoms with Crippen LogP contribution in [0.25, 0.3) is 10.2 Å². The molecule has 0 aliphatic heterocycles. The normalized spacial score (nSPS) is 11.3. The number of anilines is 1. The minimum Gasteiger partial charge on any atom is -0.367 e. The van der Waals surface area contributed by atoms with E-state index in [1.165, 1.54) is 4.88 Å². The molecule has 80 valence electrons. The molecule has 5 heteroatoms. The second kappa shape index (κ2) is 3.94. The van der Waals surface area contributed by atoms with E-state index in [1.807, 2.05) is 0 Å². The molecule has 2 aromatic rings. The number of aryl methyl sites for hydroxylation is 1. The monoisotopic (exact) mass is 241 g/mol. The van der Waals surface area contributed by atoms with Gasteiger partial charge in [-0.2, -0.15) is 0 Å². The lowest BCUT2D eigenvalue weighted by molar-refractivity contribution is 0.890. The average Bonchev–Trinajstić information content (AvgIpc) is 2.44. The lowest BCUT2D eigenvalue weighted by atomic mass is 10.3. The number of rotatable bonds is 2. The van der Waals surface area contributed by atoms with Crippen molar-refractivity contribution in [3.05, 3.63) is 16.2 Å². The van der Waals surface area contributed by atoms with E-state index in [1.54, 1.807) is 11.3 Å². The van der Waals surface area contributed by atoms with Crippen molar-refractivity contribution >= 4 is 39.0 Å². The highest BCUT2D eigenvalue weighted by Crippen LogP contribution is 2.29.